The summed E-state index contributed by atoms with van der Waals surface area (Å²) in [5.74, 6) is -0.631. The first-order valence-corrected chi connectivity index (χ1v) is 6.83. The van der Waals surface area contributed by atoms with E-state index in [1.165, 1.54) is 11.1 Å². The van der Waals surface area contributed by atoms with Crippen LogP contribution in [-0.4, -0.2) is 23.9 Å². The molecule has 1 aliphatic carbocycles. The van der Waals surface area contributed by atoms with Crippen LogP contribution in [0.1, 0.15) is 42.9 Å². The van der Waals surface area contributed by atoms with Crippen molar-refractivity contribution in [3.05, 3.63) is 41.3 Å². The van der Waals surface area contributed by atoms with Crippen LogP contribution in [0.5, 0.6) is 0 Å². The van der Waals surface area contributed by atoms with Crippen molar-refractivity contribution in [1.29, 1.82) is 0 Å². The fourth-order valence-electron chi connectivity index (χ4n) is 2.44. The van der Waals surface area contributed by atoms with Gasteiger partial charge in [0.05, 0.1) is 5.92 Å². The van der Waals surface area contributed by atoms with Crippen LogP contribution in [0.25, 0.3) is 0 Å². The Morgan fingerprint density at radius 3 is 2.89 bits per heavy atom. The van der Waals surface area contributed by atoms with E-state index in [2.05, 4.69) is 44.3 Å². The number of nitrogens with zero attached hydrogens (tertiary/aromatic N) is 1. The number of carbonyl (C=O) groups is 1. The summed E-state index contributed by atoms with van der Waals surface area (Å²) in [6, 6.07) is 6.88. The lowest BCUT2D eigenvalue weighted by Crippen LogP contribution is -2.27. The molecule has 0 spiro atoms. The van der Waals surface area contributed by atoms with Gasteiger partial charge in [-0.2, -0.15) is 0 Å². The van der Waals surface area contributed by atoms with E-state index in [1.807, 2.05) is 6.07 Å². The average Bonchev–Trinajstić information content (AvgIpc) is 2.37. The monoisotopic (exact) mass is 258 g/mol. The molecule has 1 amide bonds. The van der Waals surface area contributed by atoms with E-state index < -0.39 is 0 Å². The third-order valence-corrected chi connectivity index (χ3v) is 3.86. The molecule has 2 rings (SSSR count). The highest BCUT2D eigenvalue weighted by Crippen LogP contribution is 2.31. The van der Waals surface area contributed by atoms with E-state index in [0.717, 1.165) is 24.9 Å². The third-order valence-electron chi connectivity index (χ3n) is 3.86. The summed E-state index contributed by atoms with van der Waals surface area (Å²) < 4.78 is 0. The van der Waals surface area contributed by atoms with Gasteiger partial charge in [0.15, 0.2) is 0 Å². The van der Waals surface area contributed by atoms with E-state index >= 15 is 0 Å². The summed E-state index contributed by atoms with van der Waals surface area (Å²) in [4.78, 5) is 13.7. The summed E-state index contributed by atoms with van der Waals surface area (Å²) in [5.41, 5.74) is 9.01. The molecule has 0 aliphatic heterocycles. The van der Waals surface area contributed by atoms with Crippen LogP contribution in [0.3, 0.4) is 0 Å². The Bertz CT molecular complexity index is 468. The van der Waals surface area contributed by atoms with Gasteiger partial charge in [-0.3, -0.25) is 9.69 Å². The zero-order valence-corrected chi connectivity index (χ0v) is 11.9. The van der Waals surface area contributed by atoms with Crippen molar-refractivity contribution in [2.75, 3.05) is 7.05 Å². The number of fused-ring (bicyclic) bond motifs is 1. The van der Waals surface area contributed by atoms with Crippen molar-refractivity contribution < 1.29 is 4.79 Å². The van der Waals surface area contributed by atoms with Gasteiger partial charge in [-0.25, -0.2) is 0 Å². The number of carbonyl (C=O) groups excluding carboxylic acids is 1. The predicted octanol–water partition coefficient (Wildman–Crippen LogP) is 2.12. The fraction of sp³-hybridized carbons (Fsp3) is 0.500. The summed E-state index contributed by atoms with van der Waals surface area (Å²) >= 11 is 0. The molecule has 0 bridgehead atoms. The highest BCUT2D eigenvalue weighted by atomic mass is 16.1. The van der Waals surface area contributed by atoms with E-state index in [1.54, 1.807) is 0 Å². The van der Waals surface area contributed by atoms with Crippen molar-refractivity contribution in [2.45, 2.75) is 45.2 Å². The summed E-state index contributed by atoms with van der Waals surface area (Å²) in [5, 5.41) is 0. The molecule has 0 fully saturated rings. The van der Waals surface area contributed by atoms with Crippen molar-refractivity contribution >= 4 is 5.91 Å². The number of amides is 1. The Balaban J connectivity index is 2.22. The first kappa shape index (κ1) is 14.1. The van der Waals surface area contributed by atoms with Crippen molar-refractivity contribution in [2.24, 2.45) is 5.73 Å². The molecule has 3 nitrogen and oxygen atoms in total. The van der Waals surface area contributed by atoms with Crippen LogP contribution < -0.4 is 5.73 Å². The number of hydrogen-bond acceptors (Lipinski definition) is 2. The zero-order valence-electron chi connectivity index (χ0n) is 11.9. The van der Waals surface area contributed by atoms with Crippen LogP contribution in [0.15, 0.2) is 18.2 Å². The van der Waals surface area contributed by atoms with E-state index in [-0.39, 0.29) is 11.8 Å². The van der Waals surface area contributed by atoms with Gasteiger partial charge < -0.3 is 5.73 Å². The molecule has 0 saturated heterocycles. The highest BCUT2D eigenvalue weighted by molar-refractivity contribution is 5.84. The smallest absolute Gasteiger partial charge is 0.225 e. The maximum absolute atomic E-state index is 11.4. The summed E-state index contributed by atoms with van der Waals surface area (Å²) in [6.07, 6.45) is 4.93. The van der Waals surface area contributed by atoms with E-state index in [9.17, 15) is 4.79 Å². The molecule has 1 atom stereocenters. The number of primary amides is 1. The van der Waals surface area contributed by atoms with Gasteiger partial charge in [0.25, 0.3) is 0 Å². The molecule has 0 aromatic heterocycles. The second-order valence-corrected chi connectivity index (χ2v) is 5.58. The first-order chi connectivity index (χ1) is 8.99. The van der Waals surface area contributed by atoms with Gasteiger partial charge in [-0.05, 0) is 50.4 Å². The van der Waals surface area contributed by atoms with Gasteiger partial charge in [-0.1, -0.05) is 18.2 Å². The highest BCUT2D eigenvalue weighted by Gasteiger charge is 2.25. The topological polar surface area (TPSA) is 46.3 Å². The number of nitrogens with two attached hydrogens (primary N) is 1. The lowest BCUT2D eigenvalue weighted by Gasteiger charge is -2.25. The molecule has 1 aliphatic rings. The minimum atomic E-state index is -0.333. The Labute approximate surface area is 115 Å². The zero-order chi connectivity index (χ0) is 14.0. The van der Waals surface area contributed by atoms with E-state index in [0.29, 0.717) is 6.04 Å². The first-order valence-electron chi connectivity index (χ1n) is 6.83. The molecule has 102 valence electrons. The molecule has 1 aromatic rings. The maximum atomic E-state index is 11.4. The normalized spacial score (nSPS) is 18.7. The minimum Gasteiger partial charge on any atom is -0.369 e. The quantitative estimate of drug-likeness (QED) is 0.899. The van der Waals surface area contributed by atoms with Crippen LogP contribution in [-0.2, 0) is 17.8 Å². The van der Waals surface area contributed by atoms with Gasteiger partial charge in [0.1, 0.15) is 0 Å². The molecular weight excluding hydrogens is 236 g/mol. The molecule has 0 heterocycles. The molecule has 19 heavy (non-hydrogen) atoms. The standard InChI is InChI=1S/C16H22N2O/c1-11(2)18(3)10-12-7-8-14-13(9-12)5-4-6-15(14)16(17)19/h7-9,11,15H,4-5,10H2,1-3H3,(H2,17,19). The Kier molecular flexibility index (Phi) is 4.25. The largest absolute Gasteiger partial charge is 0.369 e. The van der Waals surface area contributed by atoms with Gasteiger partial charge >= 0.3 is 0 Å². The maximum Gasteiger partial charge on any atom is 0.225 e. The Morgan fingerprint density at radius 1 is 1.53 bits per heavy atom. The molecule has 3 heteroatoms. The lowest BCUT2D eigenvalue weighted by molar-refractivity contribution is -0.118. The molecule has 1 aromatic carbocycles. The van der Waals surface area contributed by atoms with Crippen molar-refractivity contribution in [3.63, 3.8) is 0 Å². The number of aryl methyl sites for hydroxylation is 1. The summed E-state index contributed by atoms with van der Waals surface area (Å²) in [7, 11) is 2.12. The molecule has 2 radical (unpaired) electrons. The van der Waals surface area contributed by atoms with Crippen molar-refractivity contribution in [1.82, 2.24) is 4.90 Å². The number of benzene rings is 1. The van der Waals surface area contributed by atoms with Crippen LogP contribution >= 0.6 is 0 Å². The molecule has 2 N–H and O–H groups in total. The summed E-state index contributed by atoms with van der Waals surface area (Å²) in [6.45, 7) is 5.30. The molecule has 0 saturated carbocycles. The fourth-order valence-corrected chi connectivity index (χ4v) is 2.44. The number of hydrogen-bond donors (Lipinski definition) is 1. The Morgan fingerprint density at radius 2 is 2.26 bits per heavy atom. The minimum absolute atomic E-state index is 0.298. The molecular formula is C16H22N2O. The van der Waals surface area contributed by atoms with Crippen LogP contribution in [0.4, 0.5) is 0 Å². The number of rotatable bonds is 4. The van der Waals surface area contributed by atoms with E-state index in [4.69, 9.17) is 5.73 Å². The second kappa shape index (κ2) is 5.74. The average molecular weight is 258 g/mol. The predicted molar refractivity (Wildman–Crippen MR) is 76.5 cm³/mol. The van der Waals surface area contributed by atoms with Gasteiger partial charge in [-0.15, -0.1) is 0 Å². The Hall–Kier alpha value is -1.35. The van der Waals surface area contributed by atoms with Crippen molar-refractivity contribution in [3.8, 4) is 0 Å². The SMILES string of the molecule is CC(C)N(C)Cc1ccc2c(c1)CC[C]C2C(N)=O. The molecule has 1 unspecified atom stereocenters. The van der Waals surface area contributed by atoms with Gasteiger partial charge in [0.2, 0.25) is 5.91 Å². The van der Waals surface area contributed by atoms with Gasteiger partial charge in [0, 0.05) is 19.0 Å². The van der Waals surface area contributed by atoms with Crippen LogP contribution in [0.2, 0.25) is 0 Å². The third kappa shape index (κ3) is 3.16. The lowest BCUT2D eigenvalue weighted by atomic mass is 9.81. The van der Waals surface area contributed by atoms with Crippen LogP contribution in [0, 0.1) is 6.42 Å². The second-order valence-electron chi connectivity index (χ2n) is 5.58.